The monoisotopic (exact) mass is 439 g/mol. The van der Waals surface area contributed by atoms with Crippen LogP contribution in [0, 0.1) is 11.3 Å². The fourth-order valence-corrected chi connectivity index (χ4v) is 3.15. The molecule has 0 saturated carbocycles. The number of nitrogens with zero attached hydrogens (tertiary/aromatic N) is 3. The number of unbranched alkanes of at least 4 members (excludes halogenated alkanes) is 3. The first-order valence-electron chi connectivity index (χ1n) is 10.5. The van der Waals surface area contributed by atoms with Crippen molar-refractivity contribution in [3.8, 4) is 6.07 Å². The van der Waals surface area contributed by atoms with Crippen LogP contribution in [0.3, 0.4) is 0 Å². The largest absolute Gasteiger partial charge is 0.421 e. The molecule has 0 spiro atoms. The molecule has 3 rings (SSSR count). The number of aryl methyl sites for hydroxylation is 1. The van der Waals surface area contributed by atoms with Crippen molar-refractivity contribution in [3.63, 3.8) is 0 Å². The van der Waals surface area contributed by atoms with Crippen LogP contribution in [0.1, 0.15) is 49.3 Å². The standard InChI is InChI=1S/C24H24F3N5/c1-2-3-4-5-6-17-7-11-20(12-8-17)31-23-29-16-21(24(25,26)27)22(32-23)30-19-13-9-18(15-28)10-14-19/h7-14,16H,2-6H2,1H3,(H2,29,30,31,32). The molecule has 0 aliphatic carbocycles. The summed E-state index contributed by atoms with van der Waals surface area (Å²) in [6.45, 7) is 2.18. The van der Waals surface area contributed by atoms with Crippen molar-refractivity contribution in [1.82, 2.24) is 9.97 Å². The molecule has 0 aliphatic heterocycles. The molecular formula is C24H24F3N5. The van der Waals surface area contributed by atoms with Gasteiger partial charge in [0.2, 0.25) is 5.95 Å². The lowest BCUT2D eigenvalue weighted by atomic mass is 10.1. The molecule has 0 radical (unpaired) electrons. The molecule has 0 saturated heterocycles. The van der Waals surface area contributed by atoms with Crippen molar-refractivity contribution in [3.05, 3.63) is 71.4 Å². The average molecular weight is 439 g/mol. The molecule has 166 valence electrons. The second-order valence-electron chi connectivity index (χ2n) is 7.40. The second kappa shape index (κ2) is 10.6. The van der Waals surface area contributed by atoms with Gasteiger partial charge in [-0.1, -0.05) is 38.3 Å². The van der Waals surface area contributed by atoms with E-state index < -0.39 is 11.7 Å². The van der Waals surface area contributed by atoms with E-state index in [4.69, 9.17) is 5.26 Å². The minimum Gasteiger partial charge on any atom is -0.340 e. The molecule has 0 unspecified atom stereocenters. The SMILES string of the molecule is CCCCCCc1ccc(Nc2ncc(C(F)(F)F)c(Nc3ccc(C#N)cc3)n2)cc1. The summed E-state index contributed by atoms with van der Waals surface area (Å²) >= 11 is 0. The number of nitrogens with one attached hydrogen (secondary N) is 2. The third kappa shape index (κ3) is 6.45. The Morgan fingerprint density at radius 3 is 2.19 bits per heavy atom. The summed E-state index contributed by atoms with van der Waals surface area (Å²) in [5.41, 5.74) is 1.71. The van der Waals surface area contributed by atoms with Gasteiger partial charge < -0.3 is 10.6 Å². The van der Waals surface area contributed by atoms with E-state index >= 15 is 0 Å². The Morgan fingerprint density at radius 1 is 0.906 bits per heavy atom. The van der Waals surface area contributed by atoms with Gasteiger partial charge in [-0.3, -0.25) is 0 Å². The predicted molar refractivity (Wildman–Crippen MR) is 119 cm³/mol. The van der Waals surface area contributed by atoms with Crippen LogP contribution in [0.15, 0.2) is 54.7 Å². The normalized spacial score (nSPS) is 11.1. The second-order valence-corrected chi connectivity index (χ2v) is 7.40. The van der Waals surface area contributed by atoms with E-state index in [1.807, 2.05) is 30.3 Å². The van der Waals surface area contributed by atoms with Gasteiger partial charge in [0.15, 0.2) is 0 Å². The third-order valence-electron chi connectivity index (χ3n) is 4.90. The van der Waals surface area contributed by atoms with E-state index in [1.54, 1.807) is 0 Å². The molecule has 2 N–H and O–H groups in total. The summed E-state index contributed by atoms with van der Waals surface area (Å²) < 4.78 is 40.3. The minimum absolute atomic E-state index is 0.0461. The molecule has 1 heterocycles. The number of nitriles is 1. The number of rotatable bonds is 9. The van der Waals surface area contributed by atoms with Crippen molar-refractivity contribution in [2.24, 2.45) is 0 Å². The van der Waals surface area contributed by atoms with Gasteiger partial charge in [-0.25, -0.2) is 4.98 Å². The smallest absolute Gasteiger partial charge is 0.340 e. The molecule has 1 aromatic heterocycles. The van der Waals surface area contributed by atoms with Crippen molar-refractivity contribution >= 4 is 23.1 Å². The number of hydrogen-bond acceptors (Lipinski definition) is 5. The molecule has 8 heteroatoms. The Balaban J connectivity index is 1.75. The molecular weight excluding hydrogens is 415 g/mol. The van der Waals surface area contributed by atoms with E-state index in [-0.39, 0.29) is 11.8 Å². The Bertz CT molecular complexity index is 1050. The molecule has 3 aromatic rings. The highest BCUT2D eigenvalue weighted by atomic mass is 19.4. The van der Waals surface area contributed by atoms with Gasteiger partial charge in [-0.05, 0) is 54.8 Å². The topological polar surface area (TPSA) is 73.6 Å². The molecule has 0 atom stereocenters. The summed E-state index contributed by atoms with van der Waals surface area (Å²) in [5, 5.41) is 14.5. The first-order valence-corrected chi connectivity index (χ1v) is 10.5. The number of hydrogen-bond donors (Lipinski definition) is 2. The van der Waals surface area contributed by atoms with E-state index in [9.17, 15) is 13.2 Å². The maximum atomic E-state index is 13.4. The maximum Gasteiger partial charge on any atom is 0.421 e. The number of anilines is 4. The molecule has 32 heavy (non-hydrogen) atoms. The Labute approximate surface area is 185 Å². The Kier molecular flexibility index (Phi) is 7.66. The van der Waals surface area contributed by atoms with Crippen molar-refractivity contribution in [2.45, 2.75) is 45.2 Å². The number of alkyl halides is 3. The van der Waals surface area contributed by atoms with Gasteiger partial charge in [0.1, 0.15) is 11.4 Å². The Morgan fingerprint density at radius 2 is 1.56 bits per heavy atom. The fraction of sp³-hybridized carbons (Fsp3) is 0.292. The number of benzene rings is 2. The zero-order valence-corrected chi connectivity index (χ0v) is 17.7. The first kappa shape index (κ1) is 23.1. The highest BCUT2D eigenvalue weighted by molar-refractivity contribution is 5.63. The highest BCUT2D eigenvalue weighted by Gasteiger charge is 2.35. The number of halogens is 3. The molecule has 0 fully saturated rings. The van der Waals surface area contributed by atoms with Crippen LogP contribution in [0.5, 0.6) is 0 Å². The summed E-state index contributed by atoms with van der Waals surface area (Å²) in [6, 6.07) is 15.8. The summed E-state index contributed by atoms with van der Waals surface area (Å²) in [6.07, 6.45) is 1.88. The summed E-state index contributed by atoms with van der Waals surface area (Å²) in [7, 11) is 0. The lowest BCUT2D eigenvalue weighted by molar-refractivity contribution is -0.137. The van der Waals surface area contributed by atoms with Gasteiger partial charge in [-0.15, -0.1) is 0 Å². The Hall–Kier alpha value is -3.60. The van der Waals surface area contributed by atoms with Gasteiger partial charge in [0, 0.05) is 17.6 Å². The zero-order valence-electron chi connectivity index (χ0n) is 17.7. The van der Waals surface area contributed by atoms with E-state index in [2.05, 4.69) is 27.5 Å². The van der Waals surface area contributed by atoms with Crippen molar-refractivity contribution in [2.75, 3.05) is 10.6 Å². The van der Waals surface area contributed by atoms with Crippen LogP contribution in [0.4, 0.5) is 36.3 Å². The van der Waals surface area contributed by atoms with Crippen LogP contribution in [-0.2, 0) is 12.6 Å². The van der Waals surface area contributed by atoms with Gasteiger partial charge in [0.25, 0.3) is 0 Å². The van der Waals surface area contributed by atoms with Gasteiger partial charge in [-0.2, -0.15) is 23.4 Å². The van der Waals surface area contributed by atoms with Crippen LogP contribution in [0.25, 0.3) is 0 Å². The lowest BCUT2D eigenvalue weighted by Crippen LogP contribution is -2.12. The molecule has 5 nitrogen and oxygen atoms in total. The zero-order chi connectivity index (χ0) is 23.0. The van der Waals surface area contributed by atoms with Gasteiger partial charge >= 0.3 is 6.18 Å². The van der Waals surface area contributed by atoms with Crippen LogP contribution in [0.2, 0.25) is 0 Å². The van der Waals surface area contributed by atoms with Crippen LogP contribution >= 0.6 is 0 Å². The molecule has 0 amide bonds. The quantitative estimate of drug-likeness (QED) is 0.352. The molecule has 0 aliphatic rings. The lowest BCUT2D eigenvalue weighted by Gasteiger charge is -2.15. The van der Waals surface area contributed by atoms with E-state index in [0.29, 0.717) is 16.9 Å². The molecule has 0 bridgehead atoms. The van der Waals surface area contributed by atoms with Crippen molar-refractivity contribution in [1.29, 1.82) is 5.26 Å². The van der Waals surface area contributed by atoms with E-state index in [0.717, 1.165) is 19.0 Å². The minimum atomic E-state index is -4.62. The predicted octanol–water partition coefficient (Wildman–Crippen LogP) is 6.98. The first-order chi connectivity index (χ1) is 15.4. The number of aromatic nitrogens is 2. The van der Waals surface area contributed by atoms with Crippen molar-refractivity contribution < 1.29 is 13.2 Å². The van der Waals surface area contributed by atoms with Crippen LogP contribution < -0.4 is 10.6 Å². The van der Waals surface area contributed by atoms with Crippen LogP contribution in [-0.4, -0.2) is 9.97 Å². The highest BCUT2D eigenvalue weighted by Crippen LogP contribution is 2.35. The fourth-order valence-electron chi connectivity index (χ4n) is 3.15. The molecule has 2 aromatic carbocycles. The average Bonchev–Trinajstić information content (AvgIpc) is 2.78. The van der Waals surface area contributed by atoms with E-state index in [1.165, 1.54) is 49.1 Å². The van der Waals surface area contributed by atoms with Gasteiger partial charge in [0.05, 0.1) is 11.6 Å². The maximum absolute atomic E-state index is 13.4. The summed E-state index contributed by atoms with van der Waals surface area (Å²) in [4.78, 5) is 7.88. The third-order valence-corrected chi connectivity index (χ3v) is 4.90. The summed E-state index contributed by atoms with van der Waals surface area (Å²) in [5.74, 6) is -0.322.